The number of hydrogen-bond acceptors (Lipinski definition) is 3. The predicted octanol–water partition coefficient (Wildman–Crippen LogP) is 1.42. The Hall–Kier alpha value is -1.39. The highest BCUT2D eigenvalue weighted by molar-refractivity contribution is 5.96. The highest BCUT2D eigenvalue weighted by Gasteiger charge is 2.26. The maximum atomic E-state index is 11.7. The zero-order valence-electron chi connectivity index (χ0n) is 10.1. The van der Waals surface area contributed by atoms with E-state index >= 15 is 0 Å². The van der Waals surface area contributed by atoms with E-state index in [1.807, 2.05) is 6.92 Å². The normalized spacial score (nSPS) is 19.0. The standard InChI is InChI=1S/C12H19NO4/c1-2-9(7-12(16)17)8-13-10(14)5-3-4-6-11(13)15/h9H,2-8H2,1H3,(H,16,17). The first-order valence-electron chi connectivity index (χ1n) is 6.09. The summed E-state index contributed by atoms with van der Waals surface area (Å²) in [6.45, 7) is 2.13. The van der Waals surface area contributed by atoms with Gasteiger partial charge in [0.2, 0.25) is 11.8 Å². The highest BCUT2D eigenvalue weighted by Crippen LogP contribution is 2.17. The number of hydrogen-bond donors (Lipinski definition) is 1. The van der Waals surface area contributed by atoms with Gasteiger partial charge in [0.05, 0.1) is 0 Å². The summed E-state index contributed by atoms with van der Waals surface area (Å²) in [4.78, 5) is 35.3. The van der Waals surface area contributed by atoms with Crippen LogP contribution >= 0.6 is 0 Å². The van der Waals surface area contributed by atoms with Crippen LogP contribution in [0.25, 0.3) is 0 Å². The molecule has 1 N–H and O–H groups in total. The van der Waals surface area contributed by atoms with Crippen molar-refractivity contribution in [3.05, 3.63) is 0 Å². The number of likely N-dealkylation sites (tertiary alicyclic amines) is 1. The molecule has 0 spiro atoms. The van der Waals surface area contributed by atoms with Crippen LogP contribution in [0.5, 0.6) is 0 Å². The third kappa shape index (κ3) is 4.17. The minimum Gasteiger partial charge on any atom is -0.481 e. The number of imide groups is 1. The SMILES string of the molecule is CCC(CC(=O)O)CN1C(=O)CCCCC1=O. The van der Waals surface area contributed by atoms with Crippen molar-refractivity contribution in [3.8, 4) is 0 Å². The first kappa shape index (κ1) is 13.7. The highest BCUT2D eigenvalue weighted by atomic mass is 16.4. The van der Waals surface area contributed by atoms with E-state index in [4.69, 9.17) is 5.11 Å². The Morgan fingerprint density at radius 3 is 2.24 bits per heavy atom. The summed E-state index contributed by atoms with van der Waals surface area (Å²) >= 11 is 0. The molecule has 1 fully saturated rings. The molecule has 1 heterocycles. The summed E-state index contributed by atoms with van der Waals surface area (Å²) in [6, 6.07) is 0. The van der Waals surface area contributed by atoms with Crippen molar-refractivity contribution in [2.75, 3.05) is 6.54 Å². The Kier molecular flexibility index (Phi) is 5.12. The van der Waals surface area contributed by atoms with Crippen molar-refractivity contribution in [3.63, 3.8) is 0 Å². The molecule has 5 heteroatoms. The van der Waals surface area contributed by atoms with E-state index in [0.717, 1.165) is 12.8 Å². The maximum Gasteiger partial charge on any atom is 0.303 e. The second kappa shape index (κ2) is 6.37. The molecule has 1 saturated heterocycles. The van der Waals surface area contributed by atoms with E-state index in [1.165, 1.54) is 4.90 Å². The first-order chi connectivity index (χ1) is 8.04. The molecule has 5 nitrogen and oxygen atoms in total. The Morgan fingerprint density at radius 1 is 1.29 bits per heavy atom. The van der Waals surface area contributed by atoms with Gasteiger partial charge in [-0.2, -0.15) is 0 Å². The second-order valence-electron chi connectivity index (χ2n) is 4.48. The van der Waals surface area contributed by atoms with E-state index in [-0.39, 0.29) is 30.7 Å². The molecule has 2 amide bonds. The Balaban J connectivity index is 2.64. The van der Waals surface area contributed by atoms with E-state index in [0.29, 0.717) is 19.3 Å². The summed E-state index contributed by atoms with van der Waals surface area (Å²) in [5.74, 6) is -1.34. The molecule has 1 rings (SSSR count). The van der Waals surface area contributed by atoms with Gasteiger partial charge < -0.3 is 5.11 Å². The van der Waals surface area contributed by atoms with Crippen molar-refractivity contribution in [1.82, 2.24) is 4.90 Å². The van der Waals surface area contributed by atoms with Gasteiger partial charge in [0, 0.05) is 25.8 Å². The van der Waals surface area contributed by atoms with Gasteiger partial charge in [-0.1, -0.05) is 13.3 Å². The van der Waals surface area contributed by atoms with Gasteiger partial charge in [-0.15, -0.1) is 0 Å². The third-order valence-corrected chi connectivity index (χ3v) is 3.11. The summed E-state index contributed by atoms with van der Waals surface area (Å²) < 4.78 is 0. The van der Waals surface area contributed by atoms with Crippen LogP contribution in [0, 0.1) is 5.92 Å². The largest absolute Gasteiger partial charge is 0.481 e. The lowest BCUT2D eigenvalue weighted by Gasteiger charge is -2.23. The third-order valence-electron chi connectivity index (χ3n) is 3.11. The zero-order chi connectivity index (χ0) is 12.8. The van der Waals surface area contributed by atoms with E-state index < -0.39 is 5.97 Å². The van der Waals surface area contributed by atoms with Gasteiger partial charge in [0.15, 0.2) is 0 Å². The fourth-order valence-corrected chi connectivity index (χ4v) is 2.01. The molecule has 0 bridgehead atoms. The number of carboxylic acids is 1. The van der Waals surface area contributed by atoms with Crippen LogP contribution in [0.3, 0.4) is 0 Å². The topological polar surface area (TPSA) is 74.7 Å². The molecule has 0 aliphatic carbocycles. The lowest BCUT2D eigenvalue weighted by Crippen LogP contribution is -2.39. The fourth-order valence-electron chi connectivity index (χ4n) is 2.01. The summed E-state index contributed by atoms with van der Waals surface area (Å²) in [5, 5.41) is 8.74. The van der Waals surface area contributed by atoms with E-state index in [1.54, 1.807) is 0 Å². The molecule has 0 aromatic heterocycles. The van der Waals surface area contributed by atoms with Crippen LogP contribution in [0.4, 0.5) is 0 Å². The summed E-state index contributed by atoms with van der Waals surface area (Å²) in [6.07, 6.45) is 2.95. The number of amides is 2. The lowest BCUT2D eigenvalue weighted by atomic mass is 10.0. The lowest BCUT2D eigenvalue weighted by molar-refractivity contribution is -0.146. The smallest absolute Gasteiger partial charge is 0.303 e. The zero-order valence-corrected chi connectivity index (χ0v) is 10.1. The van der Waals surface area contributed by atoms with Crippen molar-refractivity contribution in [2.45, 2.75) is 45.4 Å². The monoisotopic (exact) mass is 241 g/mol. The van der Waals surface area contributed by atoms with E-state index in [2.05, 4.69) is 0 Å². The molecule has 96 valence electrons. The van der Waals surface area contributed by atoms with Gasteiger partial charge >= 0.3 is 5.97 Å². The van der Waals surface area contributed by atoms with Crippen molar-refractivity contribution in [1.29, 1.82) is 0 Å². The molecule has 1 aliphatic heterocycles. The number of carboxylic acid groups (broad SMARTS) is 1. The molecule has 1 unspecified atom stereocenters. The predicted molar refractivity (Wildman–Crippen MR) is 61.2 cm³/mol. The van der Waals surface area contributed by atoms with E-state index in [9.17, 15) is 14.4 Å². The molecule has 0 aromatic rings. The summed E-state index contributed by atoms with van der Waals surface area (Å²) in [5.41, 5.74) is 0. The molecule has 17 heavy (non-hydrogen) atoms. The van der Waals surface area contributed by atoms with Crippen molar-refractivity contribution < 1.29 is 19.5 Å². The maximum absolute atomic E-state index is 11.7. The molecule has 0 aromatic carbocycles. The Morgan fingerprint density at radius 2 is 1.82 bits per heavy atom. The second-order valence-corrected chi connectivity index (χ2v) is 4.48. The van der Waals surface area contributed by atoms with Gasteiger partial charge in [-0.3, -0.25) is 19.3 Å². The van der Waals surface area contributed by atoms with Crippen LogP contribution in [0.15, 0.2) is 0 Å². The average Bonchev–Trinajstić information content (AvgIpc) is 2.42. The quantitative estimate of drug-likeness (QED) is 0.738. The average molecular weight is 241 g/mol. The van der Waals surface area contributed by atoms with Crippen LogP contribution in [0.1, 0.15) is 45.4 Å². The van der Waals surface area contributed by atoms with Crippen LogP contribution < -0.4 is 0 Å². The van der Waals surface area contributed by atoms with Gasteiger partial charge in [0.25, 0.3) is 0 Å². The first-order valence-corrected chi connectivity index (χ1v) is 6.09. The van der Waals surface area contributed by atoms with Gasteiger partial charge in [-0.05, 0) is 18.8 Å². The molecule has 0 radical (unpaired) electrons. The van der Waals surface area contributed by atoms with Gasteiger partial charge in [0.1, 0.15) is 0 Å². The van der Waals surface area contributed by atoms with Crippen LogP contribution in [-0.2, 0) is 14.4 Å². The molecule has 1 atom stereocenters. The molecule has 1 aliphatic rings. The number of carbonyl (C=O) groups excluding carboxylic acids is 2. The van der Waals surface area contributed by atoms with Crippen LogP contribution in [-0.4, -0.2) is 34.3 Å². The number of nitrogens with zero attached hydrogens (tertiary/aromatic N) is 1. The molecular formula is C12H19NO4. The van der Waals surface area contributed by atoms with Crippen molar-refractivity contribution >= 4 is 17.8 Å². The molecule has 0 saturated carbocycles. The number of aliphatic carboxylic acids is 1. The van der Waals surface area contributed by atoms with Crippen molar-refractivity contribution in [2.24, 2.45) is 5.92 Å². The minimum absolute atomic E-state index is 0.00750. The Labute approximate surface area is 101 Å². The van der Waals surface area contributed by atoms with Crippen LogP contribution in [0.2, 0.25) is 0 Å². The Bertz CT molecular complexity index is 296. The fraction of sp³-hybridized carbons (Fsp3) is 0.750. The number of rotatable bonds is 5. The number of carbonyl (C=O) groups is 3. The summed E-state index contributed by atoms with van der Waals surface area (Å²) in [7, 11) is 0. The molecular weight excluding hydrogens is 222 g/mol. The minimum atomic E-state index is -0.883. The van der Waals surface area contributed by atoms with Gasteiger partial charge in [-0.25, -0.2) is 0 Å².